The Balaban J connectivity index is 1.90. The highest BCUT2D eigenvalue weighted by atomic mass is 35.5. The van der Waals surface area contributed by atoms with E-state index in [0.29, 0.717) is 16.5 Å². The number of para-hydroxylation sites is 1. The predicted molar refractivity (Wildman–Crippen MR) is 77.2 cm³/mol. The van der Waals surface area contributed by atoms with E-state index in [4.69, 9.17) is 23.8 Å². The number of nitrogens with one attached hydrogen (secondary N) is 2. The highest BCUT2D eigenvalue weighted by Crippen LogP contribution is 2.20. The summed E-state index contributed by atoms with van der Waals surface area (Å²) in [4.78, 5) is 4.36. The van der Waals surface area contributed by atoms with Crippen molar-refractivity contribution in [2.75, 3.05) is 5.43 Å². The van der Waals surface area contributed by atoms with Crippen LogP contribution in [-0.4, -0.2) is 19.9 Å². The molecule has 2 aromatic heterocycles. The molecule has 0 spiro atoms. The van der Waals surface area contributed by atoms with Gasteiger partial charge in [-0.2, -0.15) is 5.10 Å². The van der Waals surface area contributed by atoms with Gasteiger partial charge in [-0.3, -0.25) is 5.10 Å². The molecule has 0 unspecified atom stereocenters. The van der Waals surface area contributed by atoms with Crippen LogP contribution in [0.1, 0.15) is 5.56 Å². The van der Waals surface area contributed by atoms with Crippen molar-refractivity contribution in [1.82, 2.24) is 19.9 Å². The van der Waals surface area contributed by atoms with Crippen LogP contribution in [0.2, 0.25) is 5.15 Å². The van der Waals surface area contributed by atoms with Crippen molar-refractivity contribution in [1.29, 1.82) is 0 Å². The standard InChI is InChI=1S/C12H10ClN5S/c13-11-9(6-15-18-7-14-17-12(18)19)5-8-3-1-2-4-10(8)16-11/h1-5,7,15H,6H2,(H,17,19). The molecule has 0 amide bonds. The number of benzene rings is 1. The number of nitrogens with zero attached hydrogens (tertiary/aromatic N) is 3. The van der Waals surface area contributed by atoms with Gasteiger partial charge in [0.2, 0.25) is 4.77 Å². The summed E-state index contributed by atoms with van der Waals surface area (Å²) < 4.78 is 2.13. The zero-order valence-corrected chi connectivity index (χ0v) is 11.4. The van der Waals surface area contributed by atoms with Gasteiger partial charge in [-0.15, -0.1) is 0 Å². The molecular formula is C12H10ClN5S. The minimum absolute atomic E-state index is 0.487. The van der Waals surface area contributed by atoms with Gasteiger partial charge >= 0.3 is 0 Å². The minimum atomic E-state index is 0.487. The molecule has 2 N–H and O–H groups in total. The van der Waals surface area contributed by atoms with Gasteiger partial charge in [-0.1, -0.05) is 29.8 Å². The van der Waals surface area contributed by atoms with Gasteiger partial charge in [0.1, 0.15) is 11.5 Å². The Bertz CT molecular complexity index is 779. The van der Waals surface area contributed by atoms with E-state index in [1.54, 1.807) is 11.0 Å². The highest BCUT2D eigenvalue weighted by molar-refractivity contribution is 7.71. The number of aromatic amines is 1. The molecule has 1 aromatic carbocycles. The van der Waals surface area contributed by atoms with Gasteiger partial charge in [0.15, 0.2) is 0 Å². The topological polar surface area (TPSA) is 58.5 Å². The first kappa shape index (κ1) is 12.1. The third-order valence-electron chi connectivity index (χ3n) is 2.74. The maximum Gasteiger partial charge on any atom is 0.214 e. The fourth-order valence-electron chi connectivity index (χ4n) is 1.79. The molecule has 0 aliphatic carbocycles. The van der Waals surface area contributed by atoms with Crippen LogP contribution in [-0.2, 0) is 6.54 Å². The lowest BCUT2D eigenvalue weighted by Crippen LogP contribution is -2.13. The first-order valence-electron chi connectivity index (χ1n) is 5.64. The van der Waals surface area contributed by atoms with Crippen LogP contribution < -0.4 is 5.43 Å². The van der Waals surface area contributed by atoms with Gasteiger partial charge in [0, 0.05) is 10.9 Å². The maximum atomic E-state index is 6.17. The number of H-pyrrole nitrogens is 1. The fraction of sp³-hybridized carbons (Fsp3) is 0.0833. The van der Waals surface area contributed by atoms with Gasteiger partial charge < -0.3 is 5.43 Å². The van der Waals surface area contributed by atoms with Crippen molar-refractivity contribution < 1.29 is 0 Å². The smallest absolute Gasteiger partial charge is 0.214 e. The second kappa shape index (κ2) is 4.99. The lowest BCUT2D eigenvalue weighted by molar-refractivity contribution is 0.823. The molecule has 2 heterocycles. The normalized spacial score (nSPS) is 10.8. The van der Waals surface area contributed by atoms with Crippen LogP contribution in [0.4, 0.5) is 0 Å². The van der Waals surface area contributed by atoms with Crippen LogP contribution in [0.25, 0.3) is 10.9 Å². The zero-order valence-electron chi connectivity index (χ0n) is 9.80. The summed E-state index contributed by atoms with van der Waals surface area (Å²) in [5, 5.41) is 8.04. The van der Waals surface area contributed by atoms with Crippen molar-refractivity contribution in [3.8, 4) is 0 Å². The predicted octanol–water partition coefficient (Wildman–Crippen LogP) is 2.89. The van der Waals surface area contributed by atoms with Crippen LogP contribution in [0.3, 0.4) is 0 Å². The molecule has 5 nitrogen and oxygen atoms in total. The summed E-state index contributed by atoms with van der Waals surface area (Å²) in [6, 6.07) is 9.87. The van der Waals surface area contributed by atoms with Crippen LogP contribution >= 0.6 is 23.8 Å². The number of halogens is 1. The van der Waals surface area contributed by atoms with Crippen molar-refractivity contribution in [2.45, 2.75) is 6.54 Å². The zero-order chi connectivity index (χ0) is 13.2. The van der Waals surface area contributed by atoms with E-state index in [0.717, 1.165) is 16.5 Å². The first-order valence-corrected chi connectivity index (χ1v) is 6.43. The Morgan fingerprint density at radius 1 is 1.37 bits per heavy atom. The lowest BCUT2D eigenvalue weighted by Gasteiger charge is -2.08. The lowest BCUT2D eigenvalue weighted by atomic mass is 10.1. The van der Waals surface area contributed by atoms with Crippen LogP contribution in [0.5, 0.6) is 0 Å². The Morgan fingerprint density at radius 2 is 2.21 bits per heavy atom. The molecule has 0 fully saturated rings. The molecule has 0 aliphatic heterocycles. The molecular weight excluding hydrogens is 282 g/mol. The van der Waals surface area contributed by atoms with Crippen molar-refractivity contribution in [2.24, 2.45) is 0 Å². The average Bonchev–Trinajstić information content (AvgIpc) is 2.82. The van der Waals surface area contributed by atoms with E-state index < -0.39 is 0 Å². The van der Waals surface area contributed by atoms with Gasteiger partial charge in [-0.25, -0.2) is 9.66 Å². The summed E-state index contributed by atoms with van der Waals surface area (Å²) in [6.45, 7) is 0.518. The fourth-order valence-corrected chi connectivity index (χ4v) is 2.17. The number of hydrogen-bond acceptors (Lipinski definition) is 4. The molecule has 0 atom stereocenters. The van der Waals surface area contributed by atoms with E-state index >= 15 is 0 Å². The molecule has 0 saturated carbocycles. The third-order valence-corrected chi connectivity index (χ3v) is 3.36. The summed E-state index contributed by atoms with van der Waals surface area (Å²) in [5.41, 5.74) is 4.90. The molecule has 0 aliphatic rings. The molecule has 3 rings (SSSR count). The molecule has 3 aromatic rings. The first-order chi connectivity index (χ1) is 9.24. The van der Waals surface area contributed by atoms with Crippen molar-refractivity contribution in [3.05, 3.63) is 52.1 Å². The largest absolute Gasteiger partial charge is 0.318 e. The molecule has 0 bridgehead atoms. The minimum Gasteiger partial charge on any atom is -0.318 e. The van der Waals surface area contributed by atoms with E-state index in [-0.39, 0.29) is 0 Å². The van der Waals surface area contributed by atoms with E-state index in [1.165, 1.54) is 0 Å². The van der Waals surface area contributed by atoms with E-state index in [9.17, 15) is 0 Å². The van der Waals surface area contributed by atoms with Crippen molar-refractivity contribution in [3.63, 3.8) is 0 Å². The summed E-state index contributed by atoms with van der Waals surface area (Å²) in [5.74, 6) is 0. The van der Waals surface area contributed by atoms with E-state index in [2.05, 4.69) is 20.6 Å². The molecule has 0 saturated heterocycles. The number of aromatic nitrogens is 4. The van der Waals surface area contributed by atoms with Gasteiger partial charge in [-0.05, 0) is 24.4 Å². The Hall–Kier alpha value is -1.92. The van der Waals surface area contributed by atoms with Crippen molar-refractivity contribution >= 4 is 34.7 Å². The molecule has 0 radical (unpaired) electrons. The van der Waals surface area contributed by atoms with Gasteiger partial charge in [0.25, 0.3) is 0 Å². The molecule has 7 heteroatoms. The molecule has 19 heavy (non-hydrogen) atoms. The number of pyridine rings is 1. The van der Waals surface area contributed by atoms with E-state index in [1.807, 2.05) is 30.3 Å². The average molecular weight is 292 g/mol. The number of hydrogen-bond donors (Lipinski definition) is 2. The summed E-state index contributed by atoms with van der Waals surface area (Å²) in [7, 11) is 0. The van der Waals surface area contributed by atoms with Crippen LogP contribution in [0, 0.1) is 4.77 Å². The Kier molecular flexibility index (Phi) is 3.18. The van der Waals surface area contributed by atoms with Crippen LogP contribution in [0.15, 0.2) is 36.7 Å². The monoisotopic (exact) mass is 291 g/mol. The van der Waals surface area contributed by atoms with Gasteiger partial charge in [0.05, 0.1) is 12.1 Å². The Labute approximate surface area is 119 Å². The second-order valence-corrected chi connectivity index (χ2v) is 4.74. The third kappa shape index (κ3) is 2.45. The summed E-state index contributed by atoms with van der Waals surface area (Å²) >= 11 is 11.2. The quantitative estimate of drug-likeness (QED) is 0.575. The molecule has 96 valence electrons. The second-order valence-electron chi connectivity index (χ2n) is 4.00. The number of rotatable bonds is 3. The SMILES string of the molecule is S=c1[nH]ncn1NCc1cc2ccccc2nc1Cl. The summed E-state index contributed by atoms with van der Waals surface area (Å²) in [6.07, 6.45) is 1.57. The highest BCUT2D eigenvalue weighted by Gasteiger charge is 2.05. The maximum absolute atomic E-state index is 6.17. The number of fused-ring (bicyclic) bond motifs is 1. The Morgan fingerprint density at radius 3 is 3.00 bits per heavy atom.